The van der Waals surface area contributed by atoms with E-state index in [1.54, 1.807) is 11.1 Å². The van der Waals surface area contributed by atoms with Crippen LogP contribution in [-0.2, 0) is 0 Å². The molecule has 1 amide bonds. The molecule has 4 heterocycles. The minimum absolute atomic E-state index is 0.139. The molecule has 4 atom stereocenters. The molecule has 10 heteroatoms. The van der Waals surface area contributed by atoms with Gasteiger partial charge in [0.25, 0.3) is 5.91 Å². The second-order valence-electron chi connectivity index (χ2n) is 8.67. The zero-order valence-electron chi connectivity index (χ0n) is 17.2. The molecule has 5 N–H and O–H groups in total. The summed E-state index contributed by atoms with van der Waals surface area (Å²) in [6.07, 6.45) is 3.70. The number of nitrogens with zero attached hydrogens (tertiary/aromatic N) is 2. The zero-order valence-corrected chi connectivity index (χ0v) is 18.0. The molecule has 2 saturated heterocycles. The number of halogens is 3. The fourth-order valence-electron chi connectivity index (χ4n) is 4.89. The molecule has 2 fully saturated rings. The Kier molecular flexibility index (Phi) is 5.46. The highest BCUT2D eigenvalue weighted by Crippen LogP contribution is 2.31. The van der Waals surface area contributed by atoms with E-state index in [1.807, 2.05) is 0 Å². The number of alkyl halides is 1. The highest BCUT2D eigenvalue weighted by molar-refractivity contribution is 6.30. The number of rotatable bonds is 4. The SMILES string of the molecule is NC1=C(c2ncc(Cl)c[nH+]2)CN(C(=O)c2ccc(F)cc2OC2CC3CC(F)C(C2)[NH2+]3)C1. The van der Waals surface area contributed by atoms with Gasteiger partial charge in [-0.3, -0.25) is 4.79 Å². The summed E-state index contributed by atoms with van der Waals surface area (Å²) in [6, 6.07) is 3.91. The second-order valence-corrected chi connectivity index (χ2v) is 9.10. The predicted molar refractivity (Wildman–Crippen MR) is 112 cm³/mol. The third-order valence-electron chi connectivity index (χ3n) is 6.41. The van der Waals surface area contributed by atoms with Crippen LogP contribution in [-0.4, -0.2) is 53.2 Å². The van der Waals surface area contributed by atoms with E-state index >= 15 is 0 Å². The molecule has 3 aliphatic heterocycles. The van der Waals surface area contributed by atoms with Crippen LogP contribution in [0, 0.1) is 5.82 Å². The van der Waals surface area contributed by atoms with Crippen molar-refractivity contribution >= 4 is 23.1 Å². The largest absolute Gasteiger partial charge is 0.489 e. The van der Waals surface area contributed by atoms with Crippen LogP contribution in [0.2, 0.25) is 5.02 Å². The summed E-state index contributed by atoms with van der Waals surface area (Å²) in [7, 11) is 0. The summed E-state index contributed by atoms with van der Waals surface area (Å²) >= 11 is 5.88. The number of H-pyrrole nitrogens is 1. The average molecular weight is 464 g/mol. The predicted octanol–water partition coefficient (Wildman–Crippen LogP) is 1.10. The smallest absolute Gasteiger partial charge is 0.327 e. The van der Waals surface area contributed by atoms with Crippen LogP contribution < -0.4 is 20.8 Å². The third kappa shape index (κ3) is 4.02. The van der Waals surface area contributed by atoms with Crippen molar-refractivity contribution in [1.29, 1.82) is 0 Å². The minimum atomic E-state index is -0.849. The van der Waals surface area contributed by atoms with Gasteiger partial charge in [0, 0.05) is 31.0 Å². The molecule has 4 unspecified atom stereocenters. The fraction of sp³-hybridized carbons (Fsp3) is 0.409. The molecule has 2 aromatic rings. The van der Waals surface area contributed by atoms with Gasteiger partial charge in [-0.2, -0.15) is 0 Å². The topological polar surface area (TPSA) is 99.2 Å². The molecular weight excluding hydrogens is 440 g/mol. The first-order valence-electron chi connectivity index (χ1n) is 10.6. The molecule has 7 nitrogen and oxygen atoms in total. The maximum Gasteiger partial charge on any atom is 0.327 e. The molecule has 32 heavy (non-hydrogen) atoms. The number of piperidine rings is 1. The molecule has 0 radical (unpaired) electrons. The van der Waals surface area contributed by atoms with E-state index in [-0.39, 0.29) is 48.5 Å². The Hall–Kier alpha value is -2.78. The Balaban J connectivity index is 1.34. The number of carbonyl (C=O) groups is 1. The van der Waals surface area contributed by atoms with Crippen LogP contribution in [0.3, 0.4) is 0 Å². The number of quaternary nitrogens is 1. The third-order valence-corrected chi connectivity index (χ3v) is 6.62. The van der Waals surface area contributed by atoms with E-state index in [4.69, 9.17) is 22.1 Å². The number of aromatic nitrogens is 2. The van der Waals surface area contributed by atoms with Crippen molar-refractivity contribution < 1.29 is 28.6 Å². The van der Waals surface area contributed by atoms with Crippen LogP contribution in [0.1, 0.15) is 35.4 Å². The van der Waals surface area contributed by atoms with Crippen LogP contribution in [0.25, 0.3) is 5.57 Å². The highest BCUT2D eigenvalue weighted by atomic mass is 35.5. The van der Waals surface area contributed by atoms with Gasteiger partial charge in [0.15, 0.2) is 12.4 Å². The van der Waals surface area contributed by atoms with Gasteiger partial charge in [-0.25, -0.2) is 13.8 Å². The van der Waals surface area contributed by atoms with E-state index in [2.05, 4.69) is 15.3 Å². The number of nitrogens with one attached hydrogen (secondary N) is 1. The van der Waals surface area contributed by atoms with Crippen molar-refractivity contribution in [2.45, 2.75) is 43.6 Å². The summed E-state index contributed by atoms with van der Waals surface area (Å²) in [5, 5.41) is 2.52. The minimum Gasteiger partial charge on any atom is -0.489 e. The first-order valence-corrected chi connectivity index (χ1v) is 11.0. The Morgan fingerprint density at radius 1 is 1.31 bits per heavy atom. The van der Waals surface area contributed by atoms with Crippen molar-refractivity contribution in [1.82, 2.24) is 9.88 Å². The van der Waals surface area contributed by atoms with E-state index in [0.29, 0.717) is 41.4 Å². The first kappa shape index (κ1) is 21.1. The highest BCUT2D eigenvalue weighted by Gasteiger charge is 2.46. The van der Waals surface area contributed by atoms with Gasteiger partial charge in [-0.15, -0.1) is 0 Å². The van der Waals surface area contributed by atoms with E-state index in [0.717, 1.165) is 0 Å². The molecule has 0 saturated carbocycles. The maximum absolute atomic E-state index is 14.1. The van der Waals surface area contributed by atoms with Gasteiger partial charge in [0.05, 0.1) is 30.3 Å². The average Bonchev–Trinajstić information content (AvgIpc) is 3.27. The molecule has 2 bridgehead atoms. The number of hydrogen-bond donors (Lipinski definition) is 2. The van der Waals surface area contributed by atoms with Crippen molar-refractivity contribution in [3.63, 3.8) is 0 Å². The summed E-state index contributed by atoms with van der Waals surface area (Å²) in [5.41, 5.74) is 7.65. The summed E-state index contributed by atoms with van der Waals surface area (Å²) in [6.45, 7) is 0.466. The van der Waals surface area contributed by atoms with Gasteiger partial charge >= 0.3 is 5.82 Å². The van der Waals surface area contributed by atoms with E-state index in [1.165, 1.54) is 24.4 Å². The van der Waals surface area contributed by atoms with Gasteiger partial charge in [0.1, 0.15) is 34.9 Å². The van der Waals surface area contributed by atoms with Crippen LogP contribution in [0.5, 0.6) is 5.75 Å². The van der Waals surface area contributed by atoms with Crippen molar-refractivity contribution in [3.05, 3.63) is 58.5 Å². The van der Waals surface area contributed by atoms with Crippen LogP contribution >= 0.6 is 11.6 Å². The number of aromatic amines is 1. The number of nitrogens with two attached hydrogens (primary N) is 2. The number of benzene rings is 1. The van der Waals surface area contributed by atoms with Crippen LogP contribution in [0.15, 0.2) is 36.3 Å². The number of carbonyl (C=O) groups excluding carboxylic acids is 1. The monoisotopic (exact) mass is 463 g/mol. The fourth-order valence-corrected chi connectivity index (χ4v) is 4.99. The number of hydrogen-bond acceptors (Lipinski definition) is 4. The summed E-state index contributed by atoms with van der Waals surface area (Å²) < 4.78 is 34.2. The molecule has 0 aliphatic carbocycles. The normalized spacial score (nSPS) is 27.2. The van der Waals surface area contributed by atoms with Gasteiger partial charge in [-0.05, 0) is 17.1 Å². The summed E-state index contributed by atoms with van der Waals surface area (Å²) in [5.74, 6) is -0.0991. The van der Waals surface area contributed by atoms with Gasteiger partial charge in [0.2, 0.25) is 0 Å². The molecular formula is C22H24ClF2N5O2+2. The van der Waals surface area contributed by atoms with Gasteiger partial charge < -0.3 is 20.7 Å². The lowest BCUT2D eigenvalue weighted by Gasteiger charge is -2.28. The molecule has 0 spiro atoms. The maximum atomic E-state index is 14.1. The van der Waals surface area contributed by atoms with E-state index < -0.39 is 12.0 Å². The van der Waals surface area contributed by atoms with Gasteiger partial charge in [-0.1, -0.05) is 11.6 Å². The number of ether oxygens (including phenoxy) is 1. The Morgan fingerprint density at radius 2 is 2.16 bits per heavy atom. The first-order chi connectivity index (χ1) is 15.4. The lowest BCUT2D eigenvalue weighted by atomic mass is 10.0. The zero-order chi connectivity index (χ0) is 22.4. The number of fused-ring (bicyclic) bond motifs is 2. The lowest BCUT2D eigenvalue weighted by Crippen LogP contribution is -2.94. The van der Waals surface area contributed by atoms with E-state index in [9.17, 15) is 13.6 Å². The quantitative estimate of drug-likeness (QED) is 0.709. The molecule has 1 aromatic carbocycles. The van der Waals surface area contributed by atoms with Crippen molar-refractivity contribution in [3.8, 4) is 5.75 Å². The molecule has 5 rings (SSSR count). The summed E-state index contributed by atoms with van der Waals surface area (Å²) in [4.78, 5) is 22.1. The Morgan fingerprint density at radius 3 is 2.91 bits per heavy atom. The lowest BCUT2D eigenvalue weighted by molar-refractivity contribution is -0.714. The molecule has 3 aliphatic rings. The van der Waals surface area contributed by atoms with Crippen molar-refractivity contribution in [2.75, 3.05) is 13.1 Å². The Labute approximate surface area is 188 Å². The standard InChI is InChI=1S/C22H22ClF2N5O2/c23-11-7-27-21(28-8-11)16-9-30(10-18(16)26)22(31)15-2-1-12(24)3-20(15)32-14-4-13-5-17(25)19(6-14)29-13/h1-3,7-8,13-14,17,19,29H,4-6,9-10,26H2/p+2. The number of amides is 1. The molecule has 1 aromatic heterocycles. The Bertz CT molecular complexity index is 1080. The molecule has 168 valence electrons. The van der Waals surface area contributed by atoms with Crippen LogP contribution in [0.4, 0.5) is 8.78 Å². The second kappa shape index (κ2) is 8.29. The van der Waals surface area contributed by atoms with Crippen molar-refractivity contribution in [2.24, 2.45) is 5.73 Å².